The lowest BCUT2D eigenvalue weighted by molar-refractivity contribution is 0.789. The van der Waals surface area contributed by atoms with Crippen LogP contribution < -0.4 is 5.73 Å². The summed E-state index contributed by atoms with van der Waals surface area (Å²) in [6, 6.07) is 10.2. The number of hydrogen-bond donors (Lipinski definition) is 1. The number of hydrogen-bond acceptors (Lipinski definition) is 3. The SMILES string of the molecule is Cc1nccn1CC1=Cc2cc(Br)cnc2C(N)c2ccccc21. The van der Waals surface area contributed by atoms with Crippen LogP contribution in [0.4, 0.5) is 0 Å². The third-order valence-corrected chi connectivity index (χ3v) is 4.88. The van der Waals surface area contributed by atoms with Gasteiger partial charge in [0.25, 0.3) is 0 Å². The summed E-state index contributed by atoms with van der Waals surface area (Å²) in [4.78, 5) is 8.90. The van der Waals surface area contributed by atoms with Gasteiger partial charge in [-0.2, -0.15) is 0 Å². The van der Waals surface area contributed by atoms with Gasteiger partial charge in [-0.1, -0.05) is 24.3 Å². The van der Waals surface area contributed by atoms with Gasteiger partial charge in [0.1, 0.15) is 5.82 Å². The van der Waals surface area contributed by atoms with E-state index in [2.05, 4.69) is 60.8 Å². The number of aromatic nitrogens is 3. The molecular weight excluding hydrogens is 364 g/mol. The fraction of sp³-hybridized carbons (Fsp3) is 0.158. The molecule has 120 valence electrons. The maximum Gasteiger partial charge on any atom is 0.105 e. The molecule has 2 heterocycles. The highest BCUT2D eigenvalue weighted by Crippen LogP contribution is 2.35. The lowest BCUT2D eigenvalue weighted by atomic mass is 9.96. The van der Waals surface area contributed by atoms with Gasteiger partial charge in [0.15, 0.2) is 0 Å². The van der Waals surface area contributed by atoms with E-state index in [-0.39, 0.29) is 6.04 Å². The Hall–Kier alpha value is -2.24. The van der Waals surface area contributed by atoms with E-state index >= 15 is 0 Å². The number of rotatable bonds is 2. The maximum atomic E-state index is 6.54. The van der Waals surface area contributed by atoms with Crippen LogP contribution in [0.25, 0.3) is 11.6 Å². The summed E-state index contributed by atoms with van der Waals surface area (Å²) in [6.45, 7) is 2.77. The Morgan fingerprint density at radius 1 is 1.25 bits per heavy atom. The summed E-state index contributed by atoms with van der Waals surface area (Å²) >= 11 is 3.52. The third kappa shape index (κ3) is 2.60. The first-order chi connectivity index (χ1) is 11.6. The first-order valence-corrected chi connectivity index (χ1v) is 8.61. The number of allylic oxidation sites excluding steroid dienone is 1. The number of aryl methyl sites for hydroxylation is 1. The minimum atomic E-state index is -0.234. The minimum Gasteiger partial charge on any atom is -0.331 e. The quantitative estimate of drug-likeness (QED) is 0.731. The number of imidazole rings is 1. The van der Waals surface area contributed by atoms with Crippen LogP contribution >= 0.6 is 15.9 Å². The van der Waals surface area contributed by atoms with Crippen molar-refractivity contribution in [1.82, 2.24) is 14.5 Å². The molecule has 4 nitrogen and oxygen atoms in total. The molecule has 1 aromatic carbocycles. The molecule has 0 aliphatic heterocycles. The van der Waals surface area contributed by atoms with Crippen molar-refractivity contribution in [3.8, 4) is 0 Å². The van der Waals surface area contributed by atoms with Crippen LogP contribution in [-0.4, -0.2) is 14.5 Å². The normalized spacial score (nSPS) is 16.1. The Morgan fingerprint density at radius 3 is 2.88 bits per heavy atom. The molecular formula is C19H17BrN4. The molecule has 0 radical (unpaired) electrons. The van der Waals surface area contributed by atoms with Gasteiger partial charge < -0.3 is 10.3 Å². The Balaban J connectivity index is 1.92. The summed E-state index contributed by atoms with van der Waals surface area (Å²) in [5, 5.41) is 0. The van der Waals surface area contributed by atoms with Crippen LogP contribution in [0.15, 0.2) is 53.4 Å². The molecule has 0 saturated carbocycles. The van der Waals surface area contributed by atoms with Gasteiger partial charge in [-0.3, -0.25) is 4.98 Å². The molecule has 0 saturated heterocycles. The van der Waals surface area contributed by atoms with Gasteiger partial charge in [-0.25, -0.2) is 4.98 Å². The van der Waals surface area contributed by atoms with Crippen LogP contribution in [0.1, 0.15) is 34.3 Å². The molecule has 0 amide bonds. The molecule has 1 aliphatic carbocycles. The Bertz CT molecular complexity index is 942. The van der Waals surface area contributed by atoms with Gasteiger partial charge in [-0.05, 0) is 57.3 Å². The zero-order valence-corrected chi connectivity index (χ0v) is 14.9. The van der Waals surface area contributed by atoms with E-state index in [1.165, 1.54) is 11.1 Å². The van der Waals surface area contributed by atoms with Crippen LogP contribution in [0, 0.1) is 6.92 Å². The Kier molecular flexibility index (Phi) is 3.82. The van der Waals surface area contributed by atoms with E-state index in [1.54, 1.807) is 6.20 Å². The monoisotopic (exact) mass is 380 g/mol. The number of halogens is 1. The van der Waals surface area contributed by atoms with E-state index in [1.807, 2.05) is 25.4 Å². The summed E-state index contributed by atoms with van der Waals surface area (Å²) in [5.74, 6) is 0.995. The average Bonchev–Trinajstić information content (AvgIpc) is 2.94. The maximum absolute atomic E-state index is 6.54. The molecule has 0 fully saturated rings. The Morgan fingerprint density at radius 2 is 2.08 bits per heavy atom. The van der Waals surface area contributed by atoms with E-state index in [9.17, 15) is 0 Å². The number of fused-ring (bicyclic) bond motifs is 2. The number of pyridine rings is 1. The van der Waals surface area contributed by atoms with Crippen molar-refractivity contribution < 1.29 is 0 Å². The molecule has 24 heavy (non-hydrogen) atoms. The topological polar surface area (TPSA) is 56.7 Å². The Labute approximate surface area is 149 Å². The van der Waals surface area contributed by atoms with Crippen LogP contribution in [0.5, 0.6) is 0 Å². The highest BCUT2D eigenvalue weighted by Gasteiger charge is 2.23. The lowest BCUT2D eigenvalue weighted by Crippen LogP contribution is -2.15. The van der Waals surface area contributed by atoms with E-state index in [4.69, 9.17) is 5.73 Å². The van der Waals surface area contributed by atoms with Crippen molar-refractivity contribution >= 4 is 27.6 Å². The van der Waals surface area contributed by atoms with Crippen LogP contribution in [-0.2, 0) is 6.54 Å². The molecule has 3 aromatic rings. The van der Waals surface area contributed by atoms with Crippen LogP contribution in [0.3, 0.4) is 0 Å². The van der Waals surface area contributed by atoms with Crippen molar-refractivity contribution in [2.24, 2.45) is 5.73 Å². The second kappa shape index (κ2) is 6.00. The molecule has 0 spiro atoms. The number of benzene rings is 1. The molecule has 2 aromatic heterocycles. The summed E-state index contributed by atoms with van der Waals surface area (Å²) < 4.78 is 3.10. The molecule has 4 rings (SSSR count). The molecule has 0 bridgehead atoms. The van der Waals surface area contributed by atoms with Gasteiger partial charge in [0.2, 0.25) is 0 Å². The number of nitrogens with zero attached hydrogens (tertiary/aromatic N) is 3. The van der Waals surface area contributed by atoms with Crippen molar-refractivity contribution in [3.63, 3.8) is 0 Å². The van der Waals surface area contributed by atoms with E-state index in [0.29, 0.717) is 0 Å². The number of nitrogens with two attached hydrogens (primary N) is 1. The second-order valence-corrected chi connectivity index (χ2v) is 6.88. The van der Waals surface area contributed by atoms with E-state index < -0.39 is 0 Å². The van der Waals surface area contributed by atoms with Gasteiger partial charge in [-0.15, -0.1) is 0 Å². The van der Waals surface area contributed by atoms with Crippen molar-refractivity contribution in [2.45, 2.75) is 19.5 Å². The minimum absolute atomic E-state index is 0.234. The fourth-order valence-corrected chi connectivity index (χ4v) is 3.55. The predicted octanol–water partition coefficient (Wildman–Crippen LogP) is 3.95. The predicted molar refractivity (Wildman–Crippen MR) is 99.2 cm³/mol. The highest BCUT2D eigenvalue weighted by molar-refractivity contribution is 9.10. The zero-order valence-electron chi connectivity index (χ0n) is 13.3. The standard InChI is InChI=1S/C19H17BrN4/c1-12-22-6-7-24(12)11-14-8-13-9-15(20)10-23-19(13)18(21)17-5-3-2-4-16(14)17/h2-10,18H,11,21H2,1H3. The third-order valence-electron chi connectivity index (χ3n) is 4.45. The molecule has 1 unspecified atom stereocenters. The first-order valence-electron chi connectivity index (χ1n) is 7.82. The van der Waals surface area contributed by atoms with Crippen molar-refractivity contribution in [1.29, 1.82) is 0 Å². The molecule has 5 heteroatoms. The first kappa shape index (κ1) is 15.3. The van der Waals surface area contributed by atoms with Crippen LogP contribution in [0.2, 0.25) is 0 Å². The second-order valence-electron chi connectivity index (χ2n) is 5.96. The summed E-state index contributed by atoms with van der Waals surface area (Å²) in [6.07, 6.45) is 7.83. The molecule has 2 N–H and O–H groups in total. The molecule has 1 aliphatic rings. The summed E-state index contributed by atoms with van der Waals surface area (Å²) in [7, 11) is 0. The lowest BCUT2D eigenvalue weighted by Gasteiger charge is -2.16. The van der Waals surface area contributed by atoms with Crippen molar-refractivity contribution in [2.75, 3.05) is 0 Å². The largest absolute Gasteiger partial charge is 0.331 e. The zero-order chi connectivity index (χ0) is 16.7. The van der Waals surface area contributed by atoms with Gasteiger partial charge >= 0.3 is 0 Å². The fourth-order valence-electron chi connectivity index (χ4n) is 3.20. The molecule has 1 atom stereocenters. The smallest absolute Gasteiger partial charge is 0.105 e. The van der Waals surface area contributed by atoms with Gasteiger partial charge in [0.05, 0.1) is 11.7 Å². The highest BCUT2D eigenvalue weighted by atomic mass is 79.9. The van der Waals surface area contributed by atoms with E-state index in [0.717, 1.165) is 33.7 Å². The van der Waals surface area contributed by atoms with Crippen molar-refractivity contribution in [3.05, 3.63) is 81.6 Å². The summed E-state index contributed by atoms with van der Waals surface area (Å²) in [5.41, 5.74) is 12.0. The van der Waals surface area contributed by atoms with Gasteiger partial charge in [0, 0.05) is 29.6 Å². The average molecular weight is 381 g/mol.